The maximum Gasteiger partial charge on any atom is 0.238 e. The summed E-state index contributed by atoms with van der Waals surface area (Å²) in [7, 11) is 1.65. The van der Waals surface area contributed by atoms with Crippen molar-refractivity contribution in [2.45, 2.75) is 37.9 Å². The van der Waals surface area contributed by atoms with E-state index in [1.165, 1.54) is 0 Å². The van der Waals surface area contributed by atoms with Gasteiger partial charge >= 0.3 is 0 Å². The predicted molar refractivity (Wildman–Crippen MR) is 96.0 cm³/mol. The van der Waals surface area contributed by atoms with Crippen LogP contribution in [-0.4, -0.2) is 30.1 Å². The molecule has 3 atom stereocenters. The summed E-state index contributed by atoms with van der Waals surface area (Å²) in [6.45, 7) is 2.01. The average Bonchev–Trinajstić information content (AvgIpc) is 3.13. The van der Waals surface area contributed by atoms with Crippen LogP contribution in [-0.2, 0) is 11.2 Å². The first kappa shape index (κ1) is 17.4. The Morgan fingerprint density at radius 3 is 2.80 bits per heavy atom. The first-order valence-electron chi connectivity index (χ1n) is 8.50. The lowest BCUT2D eigenvalue weighted by atomic mass is 10.0. The van der Waals surface area contributed by atoms with E-state index in [0.29, 0.717) is 6.42 Å². The monoisotopic (exact) mass is 340 g/mol. The molecule has 3 unspecified atom stereocenters. The standard InChI is InChI=1S/C19H24N4O2/c1-13(10-14-4-3-9-20-12-14)21-19(24)18-11-17(22-23-18)15-5-7-16(25-2)8-6-15/h3-9,12-13,17-18,22-23H,10-11H2,1-2H3,(H,21,24). The highest BCUT2D eigenvalue weighted by molar-refractivity contribution is 5.82. The molecule has 0 radical (unpaired) electrons. The number of ether oxygens (including phenoxy) is 1. The van der Waals surface area contributed by atoms with Gasteiger partial charge in [0.2, 0.25) is 5.91 Å². The Balaban J connectivity index is 1.51. The quantitative estimate of drug-likeness (QED) is 0.747. The third-order valence-electron chi connectivity index (χ3n) is 4.39. The zero-order chi connectivity index (χ0) is 17.6. The van der Waals surface area contributed by atoms with Crippen LogP contribution in [0.2, 0.25) is 0 Å². The number of rotatable bonds is 6. The zero-order valence-electron chi connectivity index (χ0n) is 14.5. The average molecular weight is 340 g/mol. The molecule has 0 bridgehead atoms. The minimum absolute atomic E-state index is 0.0138. The summed E-state index contributed by atoms with van der Waals surface area (Å²) >= 11 is 0. The minimum Gasteiger partial charge on any atom is -0.497 e. The fourth-order valence-electron chi connectivity index (χ4n) is 3.05. The van der Waals surface area contributed by atoms with Crippen LogP contribution >= 0.6 is 0 Å². The summed E-state index contributed by atoms with van der Waals surface area (Å²) in [5.41, 5.74) is 8.55. The van der Waals surface area contributed by atoms with Crippen LogP contribution in [0.15, 0.2) is 48.8 Å². The fourth-order valence-corrected chi connectivity index (χ4v) is 3.05. The van der Waals surface area contributed by atoms with E-state index in [2.05, 4.69) is 21.2 Å². The number of benzene rings is 1. The van der Waals surface area contributed by atoms with Crippen molar-refractivity contribution < 1.29 is 9.53 Å². The van der Waals surface area contributed by atoms with Gasteiger partial charge in [0, 0.05) is 24.5 Å². The topological polar surface area (TPSA) is 75.3 Å². The highest BCUT2D eigenvalue weighted by Gasteiger charge is 2.30. The molecule has 0 saturated carbocycles. The van der Waals surface area contributed by atoms with E-state index >= 15 is 0 Å². The molecule has 1 fully saturated rings. The molecule has 132 valence electrons. The molecule has 1 aliphatic heterocycles. The lowest BCUT2D eigenvalue weighted by molar-refractivity contribution is -0.123. The molecule has 1 saturated heterocycles. The molecule has 2 aromatic rings. The van der Waals surface area contributed by atoms with Crippen LogP contribution in [0.5, 0.6) is 5.75 Å². The Bertz CT molecular complexity index is 690. The second-order valence-corrected chi connectivity index (χ2v) is 6.38. The van der Waals surface area contributed by atoms with Gasteiger partial charge in [-0.15, -0.1) is 0 Å². The number of carbonyl (C=O) groups is 1. The number of aromatic nitrogens is 1. The first-order valence-corrected chi connectivity index (χ1v) is 8.50. The molecule has 3 N–H and O–H groups in total. The maximum atomic E-state index is 12.5. The van der Waals surface area contributed by atoms with Crippen molar-refractivity contribution in [2.75, 3.05) is 7.11 Å². The summed E-state index contributed by atoms with van der Waals surface area (Å²) < 4.78 is 5.18. The second kappa shape index (κ2) is 8.09. The molecular formula is C19H24N4O2. The summed E-state index contributed by atoms with van der Waals surface area (Å²) in [6.07, 6.45) is 5.05. The molecule has 0 spiro atoms. The molecule has 25 heavy (non-hydrogen) atoms. The number of amides is 1. The highest BCUT2D eigenvalue weighted by Crippen LogP contribution is 2.24. The van der Waals surface area contributed by atoms with Crippen LogP contribution in [0.3, 0.4) is 0 Å². The number of hydrogen-bond acceptors (Lipinski definition) is 5. The van der Waals surface area contributed by atoms with E-state index in [1.807, 2.05) is 49.5 Å². The number of nitrogens with zero attached hydrogens (tertiary/aromatic N) is 1. The number of pyridine rings is 1. The van der Waals surface area contributed by atoms with E-state index in [1.54, 1.807) is 13.3 Å². The maximum absolute atomic E-state index is 12.5. The third-order valence-corrected chi connectivity index (χ3v) is 4.39. The Hall–Kier alpha value is -2.44. The molecule has 2 heterocycles. The highest BCUT2D eigenvalue weighted by atomic mass is 16.5. The Morgan fingerprint density at radius 1 is 1.32 bits per heavy atom. The zero-order valence-corrected chi connectivity index (χ0v) is 14.5. The summed E-state index contributed by atoms with van der Waals surface area (Å²) in [6, 6.07) is 11.7. The largest absolute Gasteiger partial charge is 0.497 e. The van der Waals surface area contributed by atoms with E-state index < -0.39 is 0 Å². The molecule has 6 heteroatoms. The number of carbonyl (C=O) groups excluding carboxylic acids is 1. The van der Waals surface area contributed by atoms with Crippen LogP contribution in [0.4, 0.5) is 0 Å². The molecule has 1 aromatic carbocycles. The van der Waals surface area contributed by atoms with Gasteiger partial charge in [-0.05, 0) is 49.1 Å². The third kappa shape index (κ3) is 4.55. The van der Waals surface area contributed by atoms with Gasteiger partial charge in [-0.1, -0.05) is 18.2 Å². The van der Waals surface area contributed by atoms with Crippen molar-refractivity contribution in [3.05, 3.63) is 59.9 Å². The Morgan fingerprint density at radius 2 is 2.12 bits per heavy atom. The Kier molecular flexibility index (Phi) is 5.63. The molecule has 1 aliphatic rings. The van der Waals surface area contributed by atoms with Crippen molar-refractivity contribution in [1.82, 2.24) is 21.2 Å². The molecule has 0 aliphatic carbocycles. The molecule has 3 rings (SSSR count). The van der Waals surface area contributed by atoms with E-state index in [0.717, 1.165) is 23.3 Å². The molecular weight excluding hydrogens is 316 g/mol. The van der Waals surface area contributed by atoms with Gasteiger partial charge in [0.25, 0.3) is 0 Å². The van der Waals surface area contributed by atoms with Gasteiger partial charge in [-0.3, -0.25) is 9.78 Å². The fraction of sp³-hybridized carbons (Fsp3) is 0.368. The van der Waals surface area contributed by atoms with Crippen molar-refractivity contribution in [1.29, 1.82) is 0 Å². The van der Waals surface area contributed by atoms with Gasteiger partial charge in [0.15, 0.2) is 0 Å². The van der Waals surface area contributed by atoms with Gasteiger partial charge in [0.1, 0.15) is 11.8 Å². The van der Waals surface area contributed by atoms with Crippen molar-refractivity contribution in [3.8, 4) is 5.75 Å². The van der Waals surface area contributed by atoms with Crippen molar-refractivity contribution in [3.63, 3.8) is 0 Å². The lowest BCUT2D eigenvalue weighted by Crippen LogP contribution is -2.46. The number of methoxy groups -OCH3 is 1. The van der Waals surface area contributed by atoms with Crippen LogP contribution in [0, 0.1) is 0 Å². The number of hydrogen-bond donors (Lipinski definition) is 3. The molecule has 1 amide bonds. The Labute approximate surface area is 148 Å². The smallest absolute Gasteiger partial charge is 0.238 e. The van der Waals surface area contributed by atoms with Crippen LogP contribution < -0.4 is 20.9 Å². The molecule has 6 nitrogen and oxygen atoms in total. The summed E-state index contributed by atoms with van der Waals surface area (Å²) in [5.74, 6) is 0.841. The van der Waals surface area contributed by atoms with Gasteiger partial charge in [-0.25, -0.2) is 10.9 Å². The molecule has 1 aromatic heterocycles. The first-order chi connectivity index (χ1) is 12.2. The summed E-state index contributed by atoms with van der Waals surface area (Å²) in [4.78, 5) is 16.6. The number of hydrazine groups is 1. The van der Waals surface area contributed by atoms with Crippen LogP contribution in [0.1, 0.15) is 30.5 Å². The summed E-state index contributed by atoms with van der Waals surface area (Å²) in [5, 5.41) is 3.07. The minimum atomic E-state index is -0.247. The van der Waals surface area contributed by atoms with E-state index in [4.69, 9.17) is 4.74 Å². The van der Waals surface area contributed by atoms with Gasteiger partial charge in [-0.2, -0.15) is 0 Å². The predicted octanol–water partition coefficient (Wildman–Crippen LogP) is 1.75. The normalized spacial score (nSPS) is 20.9. The van der Waals surface area contributed by atoms with Crippen molar-refractivity contribution in [2.24, 2.45) is 0 Å². The van der Waals surface area contributed by atoms with E-state index in [9.17, 15) is 4.79 Å². The number of nitrogens with one attached hydrogen (secondary N) is 3. The lowest BCUT2D eigenvalue weighted by Gasteiger charge is -2.17. The van der Waals surface area contributed by atoms with E-state index in [-0.39, 0.29) is 24.0 Å². The second-order valence-electron chi connectivity index (χ2n) is 6.38. The SMILES string of the molecule is COc1ccc(C2CC(C(=O)NC(C)Cc3cccnc3)NN2)cc1. The van der Waals surface area contributed by atoms with Crippen LogP contribution in [0.25, 0.3) is 0 Å². The van der Waals surface area contributed by atoms with Crippen molar-refractivity contribution >= 4 is 5.91 Å². The van der Waals surface area contributed by atoms with Gasteiger partial charge < -0.3 is 10.1 Å². The van der Waals surface area contributed by atoms with Gasteiger partial charge in [0.05, 0.1) is 7.11 Å².